The molecule has 0 spiro atoms. The molecule has 1 aromatic carbocycles. The number of amides is 3. The van der Waals surface area contributed by atoms with Crippen LogP contribution >= 0.6 is 11.8 Å². The van der Waals surface area contributed by atoms with Crippen molar-refractivity contribution < 1.29 is 19.5 Å². The van der Waals surface area contributed by atoms with Crippen molar-refractivity contribution in [1.82, 2.24) is 9.80 Å². The molecule has 1 N–H and O–H groups in total. The Bertz CT molecular complexity index is 681. The Labute approximate surface area is 144 Å². The van der Waals surface area contributed by atoms with Gasteiger partial charge in [0.25, 0.3) is 11.1 Å². The lowest BCUT2D eigenvalue weighted by Crippen LogP contribution is -2.46. The minimum absolute atomic E-state index is 0.243. The van der Waals surface area contributed by atoms with Gasteiger partial charge in [-0.1, -0.05) is 30.3 Å². The van der Waals surface area contributed by atoms with Gasteiger partial charge in [-0.15, -0.1) is 0 Å². The predicted molar refractivity (Wildman–Crippen MR) is 90.9 cm³/mol. The highest BCUT2D eigenvalue weighted by molar-refractivity contribution is 8.18. The van der Waals surface area contributed by atoms with Gasteiger partial charge in [0.1, 0.15) is 6.54 Å². The number of hydrogen-bond donors (Lipinski definition) is 1. The summed E-state index contributed by atoms with van der Waals surface area (Å²) in [5, 5.41) is 9.06. The molecule has 3 rings (SSSR count). The second-order valence-corrected chi connectivity index (χ2v) is 6.78. The Balaban J connectivity index is 1.66. The van der Waals surface area contributed by atoms with Crippen LogP contribution in [0.1, 0.15) is 18.4 Å². The van der Waals surface area contributed by atoms with Gasteiger partial charge in [0.15, 0.2) is 0 Å². The fourth-order valence-electron chi connectivity index (χ4n) is 2.69. The number of rotatable bonds is 3. The van der Waals surface area contributed by atoms with Crippen LogP contribution in [-0.4, -0.2) is 57.7 Å². The minimum atomic E-state index is -0.431. The molecule has 24 heavy (non-hydrogen) atoms. The zero-order chi connectivity index (χ0) is 17.1. The summed E-state index contributed by atoms with van der Waals surface area (Å²) in [6.07, 6.45) is 2.34. The number of carbonyl (C=O) groups is 3. The van der Waals surface area contributed by atoms with Crippen molar-refractivity contribution in [3.05, 3.63) is 40.8 Å². The summed E-state index contributed by atoms with van der Waals surface area (Å²) in [5.41, 5.74) is 0.833. The summed E-state index contributed by atoms with van der Waals surface area (Å²) in [6.45, 7) is 0.666. The molecule has 2 heterocycles. The van der Waals surface area contributed by atoms with Gasteiger partial charge >= 0.3 is 0 Å². The molecule has 2 aliphatic heterocycles. The second-order valence-electron chi connectivity index (χ2n) is 5.79. The first kappa shape index (κ1) is 16.7. The maximum absolute atomic E-state index is 12.4. The molecule has 2 aliphatic rings. The van der Waals surface area contributed by atoms with Crippen molar-refractivity contribution in [1.29, 1.82) is 0 Å². The van der Waals surface area contributed by atoms with E-state index in [1.54, 1.807) is 11.0 Å². The summed E-state index contributed by atoms with van der Waals surface area (Å²) >= 11 is 0.853. The molecule has 6 nitrogen and oxygen atoms in total. The number of benzene rings is 1. The van der Waals surface area contributed by atoms with Crippen LogP contribution in [-0.2, 0) is 9.59 Å². The molecule has 0 bridgehead atoms. The van der Waals surface area contributed by atoms with Crippen LogP contribution < -0.4 is 0 Å². The SMILES string of the molecule is O=C(CN1C(=O)S/C(=C/c2ccccc2)C1=O)N1CCC(O)CC1. The molecule has 0 aromatic heterocycles. The third kappa shape index (κ3) is 3.68. The molecule has 0 atom stereocenters. The smallest absolute Gasteiger partial charge is 0.294 e. The number of aliphatic hydroxyl groups excluding tert-OH is 1. The van der Waals surface area contributed by atoms with Crippen LogP contribution in [0.15, 0.2) is 35.2 Å². The van der Waals surface area contributed by atoms with Gasteiger partial charge in [0, 0.05) is 13.1 Å². The summed E-state index contributed by atoms with van der Waals surface area (Å²) in [6, 6.07) is 9.27. The first-order chi connectivity index (χ1) is 11.5. The highest BCUT2D eigenvalue weighted by Crippen LogP contribution is 2.32. The van der Waals surface area contributed by atoms with E-state index in [9.17, 15) is 19.5 Å². The first-order valence-corrected chi connectivity index (χ1v) is 8.62. The maximum atomic E-state index is 12.4. The van der Waals surface area contributed by atoms with Crippen molar-refractivity contribution in [3.63, 3.8) is 0 Å². The van der Waals surface area contributed by atoms with Crippen LogP contribution in [0.3, 0.4) is 0 Å². The standard InChI is InChI=1S/C17H18N2O4S/c20-13-6-8-18(9-7-13)15(21)11-19-16(22)14(24-17(19)23)10-12-4-2-1-3-5-12/h1-5,10,13,20H,6-9,11H2/b14-10+. The molecule has 0 unspecified atom stereocenters. The maximum Gasteiger partial charge on any atom is 0.294 e. The number of piperidine rings is 1. The number of carbonyl (C=O) groups excluding carboxylic acids is 3. The largest absolute Gasteiger partial charge is 0.393 e. The Morgan fingerprint density at radius 3 is 2.54 bits per heavy atom. The van der Waals surface area contributed by atoms with E-state index in [1.165, 1.54) is 0 Å². The zero-order valence-electron chi connectivity index (χ0n) is 13.1. The van der Waals surface area contributed by atoms with Crippen molar-refractivity contribution in [2.75, 3.05) is 19.6 Å². The molecule has 0 aliphatic carbocycles. The van der Waals surface area contributed by atoms with E-state index in [2.05, 4.69) is 0 Å². The Kier molecular flexibility index (Phi) is 5.01. The van der Waals surface area contributed by atoms with Gasteiger partial charge in [-0.25, -0.2) is 0 Å². The highest BCUT2D eigenvalue weighted by atomic mass is 32.2. The molecule has 2 fully saturated rings. The predicted octanol–water partition coefficient (Wildman–Crippen LogP) is 1.71. The quantitative estimate of drug-likeness (QED) is 0.843. The zero-order valence-corrected chi connectivity index (χ0v) is 13.9. The Morgan fingerprint density at radius 2 is 1.88 bits per heavy atom. The van der Waals surface area contributed by atoms with E-state index < -0.39 is 11.1 Å². The van der Waals surface area contributed by atoms with Crippen LogP contribution in [0.25, 0.3) is 6.08 Å². The first-order valence-electron chi connectivity index (χ1n) is 7.81. The second kappa shape index (κ2) is 7.19. The Morgan fingerprint density at radius 1 is 1.21 bits per heavy atom. The lowest BCUT2D eigenvalue weighted by Gasteiger charge is -2.30. The molecule has 7 heteroatoms. The van der Waals surface area contributed by atoms with Crippen LogP contribution in [0.4, 0.5) is 4.79 Å². The average molecular weight is 346 g/mol. The lowest BCUT2D eigenvalue weighted by molar-refractivity contribution is -0.137. The van der Waals surface area contributed by atoms with E-state index in [1.807, 2.05) is 30.3 Å². The van der Waals surface area contributed by atoms with Crippen LogP contribution in [0.2, 0.25) is 0 Å². The van der Waals surface area contributed by atoms with Gasteiger partial charge in [0.05, 0.1) is 11.0 Å². The number of likely N-dealkylation sites (tertiary alicyclic amines) is 1. The minimum Gasteiger partial charge on any atom is -0.393 e. The summed E-state index contributed by atoms with van der Waals surface area (Å²) in [5.74, 6) is -0.690. The Hall–Kier alpha value is -2.12. The number of thioether (sulfide) groups is 1. The normalized spacial score (nSPS) is 21.0. The number of aliphatic hydroxyl groups is 1. The van der Waals surface area contributed by atoms with Gasteiger partial charge in [-0.05, 0) is 36.2 Å². The van der Waals surface area contributed by atoms with E-state index in [0.29, 0.717) is 30.8 Å². The van der Waals surface area contributed by atoms with Crippen molar-refractivity contribution in [2.24, 2.45) is 0 Å². The molecule has 1 aromatic rings. The third-order valence-electron chi connectivity index (χ3n) is 4.08. The van der Waals surface area contributed by atoms with Crippen molar-refractivity contribution >= 4 is 34.9 Å². The highest BCUT2D eigenvalue weighted by Gasteiger charge is 2.37. The van der Waals surface area contributed by atoms with Gasteiger partial charge in [0.2, 0.25) is 5.91 Å². The monoisotopic (exact) mass is 346 g/mol. The van der Waals surface area contributed by atoms with Gasteiger partial charge in [-0.3, -0.25) is 19.3 Å². The molecule has 0 radical (unpaired) electrons. The third-order valence-corrected chi connectivity index (χ3v) is 4.99. The van der Waals surface area contributed by atoms with E-state index in [4.69, 9.17) is 0 Å². The fourth-order valence-corrected chi connectivity index (χ4v) is 3.53. The molecule has 0 saturated carbocycles. The number of nitrogens with zero attached hydrogens (tertiary/aromatic N) is 2. The molecular formula is C17H18N2O4S. The van der Waals surface area contributed by atoms with Crippen LogP contribution in [0, 0.1) is 0 Å². The lowest BCUT2D eigenvalue weighted by atomic mass is 10.1. The summed E-state index contributed by atoms with van der Waals surface area (Å²) in [4.78, 5) is 39.7. The molecular weight excluding hydrogens is 328 g/mol. The van der Waals surface area contributed by atoms with Gasteiger partial charge < -0.3 is 10.0 Å². The number of hydrogen-bond acceptors (Lipinski definition) is 5. The molecule has 2 saturated heterocycles. The van der Waals surface area contributed by atoms with Crippen molar-refractivity contribution in [3.8, 4) is 0 Å². The fraction of sp³-hybridized carbons (Fsp3) is 0.353. The molecule has 126 valence electrons. The van der Waals surface area contributed by atoms with Crippen molar-refractivity contribution in [2.45, 2.75) is 18.9 Å². The molecule has 3 amide bonds. The van der Waals surface area contributed by atoms with E-state index in [0.717, 1.165) is 22.2 Å². The topological polar surface area (TPSA) is 77.9 Å². The van der Waals surface area contributed by atoms with Crippen LogP contribution in [0.5, 0.6) is 0 Å². The average Bonchev–Trinajstić information content (AvgIpc) is 2.84. The van der Waals surface area contributed by atoms with Gasteiger partial charge in [-0.2, -0.15) is 0 Å². The van der Waals surface area contributed by atoms with E-state index >= 15 is 0 Å². The summed E-state index contributed by atoms with van der Waals surface area (Å²) < 4.78 is 0. The number of imide groups is 1. The van der Waals surface area contributed by atoms with E-state index in [-0.39, 0.29) is 18.6 Å². The summed E-state index contributed by atoms with van der Waals surface area (Å²) in [7, 11) is 0.